The van der Waals surface area contributed by atoms with E-state index in [0.29, 0.717) is 30.3 Å². The first kappa shape index (κ1) is 20.5. The molecule has 0 saturated heterocycles. The summed E-state index contributed by atoms with van der Waals surface area (Å²) >= 11 is 6.23. The molecule has 0 saturated carbocycles. The van der Waals surface area contributed by atoms with E-state index in [-0.39, 0.29) is 10.7 Å². The number of carbonyl (C=O) groups excluding carboxylic acids is 2. The van der Waals surface area contributed by atoms with E-state index in [4.69, 9.17) is 21.6 Å². The van der Waals surface area contributed by atoms with E-state index < -0.39 is 18.5 Å². The highest BCUT2D eigenvalue weighted by Crippen LogP contribution is 2.22. The summed E-state index contributed by atoms with van der Waals surface area (Å²) in [4.78, 5) is 24.3. The molecule has 1 heterocycles. The summed E-state index contributed by atoms with van der Waals surface area (Å²) in [7, 11) is 0. The van der Waals surface area contributed by atoms with Crippen LogP contribution < -0.4 is 5.32 Å². The van der Waals surface area contributed by atoms with E-state index in [1.165, 1.54) is 0 Å². The predicted octanol–water partition coefficient (Wildman–Crippen LogP) is 3.36. The van der Waals surface area contributed by atoms with Gasteiger partial charge in [-0.15, -0.1) is 0 Å². The van der Waals surface area contributed by atoms with Crippen molar-refractivity contribution < 1.29 is 14.3 Å². The Labute approximate surface area is 162 Å². The van der Waals surface area contributed by atoms with Gasteiger partial charge in [-0.05, 0) is 30.5 Å². The van der Waals surface area contributed by atoms with Crippen molar-refractivity contribution in [2.24, 2.45) is 5.92 Å². The van der Waals surface area contributed by atoms with Gasteiger partial charge >= 0.3 is 5.97 Å². The third kappa shape index (κ3) is 5.56. The number of ether oxygens (including phenoxy) is 1. The number of nitriles is 1. The van der Waals surface area contributed by atoms with Crippen LogP contribution in [0.25, 0.3) is 0 Å². The summed E-state index contributed by atoms with van der Waals surface area (Å²) in [5, 5.41) is 15.7. The maximum absolute atomic E-state index is 12.3. The Morgan fingerprint density at radius 1 is 1.33 bits per heavy atom. The summed E-state index contributed by atoms with van der Waals surface area (Å²) in [5.74, 6) is -0.845. The first-order valence-electron chi connectivity index (χ1n) is 8.47. The van der Waals surface area contributed by atoms with Crippen LogP contribution in [0.2, 0.25) is 5.15 Å². The Morgan fingerprint density at radius 2 is 2.00 bits per heavy atom. The Morgan fingerprint density at radius 3 is 2.59 bits per heavy atom. The lowest BCUT2D eigenvalue weighted by atomic mass is 10.1. The minimum atomic E-state index is -0.688. The van der Waals surface area contributed by atoms with Crippen molar-refractivity contribution in [2.45, 2.75) is 33.7 Å². The second-order valence-electron chi connectivity index (χ2n) is 6.48. The second-order valence-corrected chi connectivity index (χ2v) is 6.84. The Kier molecular flexibility index (Phi) is 6.97. The third-order valence-electron chi connectivity index (χ3n) is 3.66. The summed E-state index contributed by atoms with van der Waals surface area (Å²) in [6.45, 7) is 5.84. The predicted molar refractivity (Wildman–Crippen MR) is 101 cm³/mol. The molecule has 1 aromatic carbocycles. The number of amides is 1. The number of nitrogens with zero attached hydrogens (tertiary/aromatic N) is 3. The first-order valence-corrected chi connectivity index (χ1v) is 8.85. The van der Waals surface area contributed by atoms with E-state index in [1.807, 2.05) is 13.8 Å². The van der Waals surface area contributed by atoms with Crippen LogP contribution in [-0.2, 0) is 22.5 Å². The third-order valence-corrected chi connectivity index (χ3v) is 4.05. The van der Waals surface area contributed by atoms with Gasteiger partial charge in [0.1, 0.15) is 10.7 Å². The average molecular weight is 389 g/mol. The van der Waals surface area contributed by atoms with Crippen molar-refractivity contribution >= 4 is 29.2 Å². The van der Waals surface area contributed by atoms with Crippen LogP contribution in [0.4, 0.5) is 5.69 Å². The standard InChI is InChI=1S/C19H21ClN4O3/c1-12(2)10-24-18(20)17(13(3)23-24)19(26)27-11-16(25)22-15-6-4-14(5-7-15)8-9-21/h4-7,12H,8,10-11H2,1-3H3,(H,22,25). The molecule has 0 atom stereocenters. The molecule has 0 radical (unpaired) electrons. The van der Waals surface area contributed by atoms with E-state index in [1.54, 1.807) is 35.9 Å². The SMILES string of the molecule is Cc1nn(CC(C)C)c(Cl)c1C(=O)OCC(=O)Nc1ccc(CC#N)cc1. The van der Waals surface area contributed by atoms with Gasteiger partial charge in [-0.2, -0.15) is 10.4 Å². The van der Waals surface area contributed by atoms with Gasteiger partial charge < -0.3 is 10.1 Å². The molecule has 2 aromatic rings. The van der Waals surface area contributed by atoms with Crippen LogP contribution in [0.5, 0.6) is 0 Å². The smallest absolute Gasteiger partial charge is 0.343 e. The summed E-state index contributed by atoms with van der Waals surface area (Å²) in [6.07, 6.45) is 0.302. The zero-order valence-electron chi connectivity index (χ0n) is 15.5. The van der Waals surface area contributed by atoms with Crippen LogP contribution in [0.3, 0.4) is 0 Å². The zero-order valence-corrected chi connectivity index (χ0v) is 16.2. The highest BCUT2D eigenvalue weighted by Gasteiger charge is 2.22. The zero-order chi connectivity index (χ0) is 20.0. The lowest BCUT2D eigenvalue weighted by Gasteiger charge is -2.08. The van der Waals surface area contributed by atoms with Gasteiger partial charge in [0.05, 0.1) is 18.2 Å². The quantitative estimate of drug-likeness (QED) is 0.733. The summed E-state index contributed by atoms with van der Waals surface area (Å²) < 4.78 is 6.63. The highest BCUT2D eigenvalue weighted by atomic mass is 35.5. The molecule has 27 heavy (non-hydrogen) atoms. The van der Waals surface area contributed by atoms with E-state index in [9.17, 15) is 9.59 Å². The maximum atomic E-state index is 12.3. The number of aromatic nitrogens is 2. The van der Waals surface area contributed by atoms with Gasteiger partial charge in [-0.1, -0.05) is 37.6 Å². The molecular weight excluding hydrogens is 368 g/mol. The van der Waals surface area contributed by atoms with Crippen LogP contribution in [0, 0.1) is 24.2 Å². The normalized spacial score (nSPS) is 10.5. The van der Waals surface area contributed by atoms with Crippen molar-refractivity contribution in [3.05, 3.63) is 46.2 Å². The number of rotatable bonds is 7. The number of benzene rings is 1. The first-order chi connectivity index (χ1) is 12.8. The molecule has 0 aliphatic rings. The van der Waals surface area contributed by atoms with Crippen LogP contribution in [0.1, 0.15) is 35.5 Å². The van der Waals surface area contributed by atoms with E-state index in [2.05, 4.69) is 16.5 Å². The van der Waals surface area contributed by atoms with Gasteiger partial charge in [-0.25, -0.2) is 4.79 Å². The van der Waals surface area contributed by atoms with Gasteiger partial charge in [-0.3, -0.25) is 9.48 Å². The fourth-order valence-corrected chi connectivity index (χ4v) is 2.77. The molecule has 8 heteroatoms. The lowest BCUT2D eigenvalue weighted by Crippen LogP contribution is -2.21. The minimum absolute atomic E-state index is 0.172. The van der Waals surface area contributed by atoms with Gasteiger partial charge in [0.25, 0.3) is 5.91 Å². The lowest BCUT2D eigenvalue weighted by molar-refractivity contribution is -0.119. The number of nitrogens with one attached hydrogen (secondary N) is 1. The van der Waals surface area contributed by atoms with Crippen molar-refractivity contribution in [1.82, 2.24) is 9.78 Å². The van der Waals surface area contributed by atoms with Crippen LogP contribution >= 0.6 is 11.6 Å². The molecule has 2 rings (SSSR count). The Bertz CT molecular complexity index is 866. The number of esters is 1. The van der Waals surface area contributed by atoms with Crippen LogP contribution in [0.15, 0.2) is 24.3 Å². The largest absolute Gasteiger partial charge is 0.452 e. The molecule has 0 bridgehead atoms. The number of anilines is 1. The number of halogens is 1. The number of hydrogen-bond donors (Lipinski definition) is 1. The highest BCUT2D eigenvalue weighted by molar-refractivity contribution is 6.32. The minimum Gasteiger partial charge on any atom is -0.452 e. The molecule has 7 nitrogen and oxygen atoms in total. The molecule has 0 aliphatic heterocycles. The molecule has 1 aromatic heterocycles. The Balaban J connectivity index is 1.94. The number of hydrogen-bond acceptors (Lipinski definition) is 5. The summed E-state index contributed by atoms with van der Waals surface area (Å²) in [5.41, 5.74) is 2.03. The molecule has 1 amide bonds. The monoisotopic (exact) mass is 388 g/mol. The molecule has 1 N–H and O–H groups in total. The van der Waals surface area contributed by atoms with Gasteiger partial charge in [0, 0.05) is 12.2 Å². The molecular formula is C19H21ClN4O3. The molecule has 0 spiro atoms. The topological polar surface area (TPSA) is 97.0 Å². The summed E-state index contributed by atoms with van der Waals surface area (Å²) in [6, 6.07) is 8.91. The Hall–Kier alpha value is -2.85. The second kappa shape index (κ2) is 9.19. The molecule has 142 valence electrons. The maximum Gasteiger partial charge on any atom is 0.343 e. The fourth-order valence-electron chi connectivity index (χ4n) is 2.45. The van der Waals surface area contributed by atoms with Crippen molar-refractivity contribution in [3.8, 4) is 6.07 Å². The number of carbonyl (C=O) groups is 2. The molecule has 0 aliphatic carbocycles. The van der Waals surface area contributed by atoms with E-state index >= 15 is 0 Å². The number of aryl methyl sites for hydroxylation is 1. The van der Waals surface area contributed by atoms with Crippen molar-refractivity contribution in [1.29, 1.82) is 5.26 Å². The molecule has 0 unspecified atom stereocenters. The van der Waals surface area contributed by atoms with E-state index in [0.717, 1.165) is 5.56 Å². The average Bonchev–Trinajstić information content (AvgIpc) is 2.88. The molecule has 0 fully saturated rings. The van der Waals surface area contributed by atoms with Crippen LogP contribution in [-0.4, -0.2) is 28.3 Å². The van der Waals surface area contributed by atoms with Crippen molar-refractivity contribution in [2.75, 3.05) is 11.9 Å². The van der Waals surface area contributed by atoms with Gasteiger partial charge in [0.2, 0.25) is 0 Å². The fraction of sp³-hybridized carbons (Fsp3) is 0.368. The van der Waals surface area contributed by atoms with Gasteiger partial charge in [0.15, 0.2) is 6.61 Å². The van der Waals surface area contributed by atoms with Crippen molar-refractivity contribution in [3.63, 3.8) is 0 Å².